The maximum Gasteiger partial charge on any atom is 0.269 e. The van der Waals surface area contributed by atoms with Gasteiger partial charge in [-0.25, -0.2) is 21.6 Å². The number of rotatable bonds is 7. The van der Waals surface area contributed by atoms with Crippen molar-refractivity contribution in [3.8, 4) is 0 Å². The zero-order valence-electron chi connectivity index (χ0n) is 12.5. The van der Waals surface area contributed by atoms with E-state index in [0.29, 0.717) is 19.3 Å². The Morgan fingerprint density at radius 2 is 2.13 bits per heavy atom. The van der Waals surface area contributed by atoms with Crippen LogP contribution < -0.4 is 10.0 Å². The third kappa shape index (κ3) is 5.48. The summed E-state index contributed by atoms with van der Waals surface area (Å²) in [5.74, 6) is 0.165. The fourth-order valence-corrected chi connectivity index (χ4v) is 6.25. The summed E-state index contributed by atoms with van der Waals surface area (Å²) in [6, 6.07) is 0. The molecule has 0 spiro atoms. The zero-order valence-corrected chi connectivity index (χ0v) is 14.9. The highest BCUT2D eigenvalue weighted by Gasteiger charge is 2.27. The second-order valence-electron chi connectivity index (χ2n) is 5.36. The molecule has 0 aliphatic carbocycles. The Hall–Kier alpha value is -1.11. The summed E-state index contributed by atoms with van der Waals surface area (Å²) in [6.45, 7) is 1.49. The van der Waals surface area contributed by atoms with E-state index in [9.17, 15) is 21.6 Å². The maximum atomic E-state index is 12.0. The molecule has 1 saturated heterocycles. The summed E-state index contributed by atoms with van der Waals surface area (Å²) in [5, 5.41) is 9.61. The molecule has 12 heteroatoms. The highest BCUT2D eigenvalue weighted by atomic mass is 32.2. The summed E-state index contributed by atoms with van der Waals surface area (Å²) in [4.78, 5) is 10.9. The van der Waals surface area contributed by atoms with Crippen molar-refractivity contribution in [2.75, 3.05) is 23.4 Å². The van der Waals surface area contributed by atoms with E-state index in [-0.39, 0.29) is 39.3 Å². The highest BCUT2D eigenvalue weighted by molar-refractivity contribution is 7.91. The standard InChI is InChI=1S/C11H18N4O5S3/c1-8(16)13-10-14-15-11(21-10)23(19,20)12-5-2-3-9-4-6-22(17,18)7-9/h9,12H,2-7H2,1H3,(H,13,14,16). The van der Waals surface area contributed by atoms with Crippen molar-refractivity contribution < 1.29 is 21.6 Å². The van der Waals surface area contributed by atoms with Gasteiger partial charge in [-0.2, -0.15) is 0 Å². The number of carbonyl (C=O) groups is 1. The number of nitrogens with zero attached hydrogens (tertiary/aromatic N) is 2. The second-order valence-corrected chi connectivity index (χ2v) is 10.5. The van der Waals surface area contributed by atoms with Gasteiger partial charge in [-0.05, 0) is 25.2 Å². The van der Waals surface area contributed by atoms with Gasteiger partial charge in [0, 0.05) is 13.5 Å². The van der Waals surface area contributed by atoms with Crippen LogP contribution >= 0.6 is 11.3 Å². The number of amides is 1. The van der Waals surface area contributed by atoms with Crippen LogP contribution in [0.1, 0.15) is 26.2 Å². The van der Waals surface area contributed by atoms with Gasteiger partial charge in [-0.1, -0.05) is 11.3 Å². The molecule has 130 valence electrons. The van der Waals surface area contributed by atoms with Gasteiger partial charge in [0.1, 0.15) is 0 Å². The van der Waals surface area contributed by atoms with Crippen LogP contribution in [-0.2, 0) is 24.7 Å². The minimum atomic E-state index is -3.77. The first-order valence-electron chi connectivity index (χ1n) is 6.99. The van der Waals surface area contributed by atoms with Crippen LogP contribution in [0, 0.1) is 5.92 Å². The number of anilines is 1. The summed E-state index contributed by atoms with van der Waals surface area (Å²) in [6.07, 6.45) is 1.86. The number of sulfonamides is 1. The van der Waals surface area contributed by atoms with Crippen LogP contribution in [-0.4, -0.2) is 51.0 Å². The monoisotopic (exact) mass is 382 g/mol. The lowest BCUT2D eigenvalue weighted by molar-refractivity contribution is -0.114. The SMILES string of the molecule is CC(=O)Nc1nnc(S(=O)(=O)NCCCC2CCS(=O)(=O)C2)s1. The molecule has 1 aromatic rings. The van der Waals surface area contributed by atoms with Crippen LogP contribution in [0.15, 0.2) is 4.34 Å². The molecule has 2 heterocycles. The van der Waals surface area contributed by atoms with Crippen LogP contribution in [0.25, 0.3) is 0 Å². The molecular formula is C11H18N4O5S3. The fourth-order valence-electron chi connectivity index (χ4n) is 2.28. The Labute approximate surface area is 138 Å². The fraction of sp³-hybridized carbons (Fsp3) is 0.727. The molecule has 1 aromatic heterocycles. The first-order valence-corrected chi connectivity index (χ1v) is 11.1. The van der Waals surface area contributed by atoms with E-state index < -0.39 is 19.9 Å². The minimum absolute atomic E-state index is 0.109. The van der Waals surface area contributed by atoms with E-state index in [2.05, 4.69) is 20.2 Å². The van der Waals surface area contributed by atoms with E-state index in [1.807, 2.05) is 0 Å². The number of sulfone groups is 1. The molecule has 1 amide bonds. The highest BCUT2D eigenvalue weighted by Crippen LogP contribution is 2.23. The number of nitrogens with one attached hydrogen (secondary N) is 2. The lowest BCUT2D eigenvalue weighted by Gasteiger charge is -2.07. The Bertz CT molecular complexity index is 771. The van der Waals surface area contributed by atoms with Crippen molar-refractivity contribution in [2.45, 2.75) is 30.5 Å². The second kappa shape index (κ2) is 7.20. The number of aromatic nitrogens is 2. The lowest BCUT2D eigenvalue weighted by Crippen LogP contribution is -2.25. The van der Waals surface area contributed by atoms with Crippen LogP contribution in [0.3, 0.4) is 0 Å². The van der Waals surface area contributed by atoms with Crippen molar-refractivity contribution in [1.82, 2.24) is 14.9 Å². The summed E-state index contributed by atoms with van der Waals surface area (Å²) in [7, 11) is -6.67. The van der Waals surface area contributed by atoms with Crippen molar-refractivity contribution in [1.29, 1.82) is 0 Å². The van der Waals surface area contributed by atoms with Gasteiger partial charge < -0.3 is 5.32 Å². The van der Waals surface area contributed by atoms with Crippen LogP contribution in [0.5, 0.6) is 0 Å². The molecule has 1 unspecified atom stereocenters. The molecule has 1 aliphatic rings. The first kappa shape index (κ1) is 18.2. The summed E-state index contributed by atoms with van der Waals surface area (Å²) >= 11 is 0.767. The van der Waals surface area contributed by atoms with Gasteiger partial charge in [0.15, 0.2) is 9.84 Å². The van der Waals surface area contributed by atoms with Gasteiger partial charge in [0.25, 0.3) is 10.0 Å². The largest absolute Gasteiger partial charge is 0.301 e. The van der Waals surface area contributed by atoms with E-state index in [0.717, 1.165) is 11.3 Å². The normalized spacial score (nSPS) is 20.5. The molecule has 0 bridgehead atoms. The van der Waals surface area contributed by atoms with E-state index in [1.54, 1.807) is 0 Å². The van der Waals surface area contributed by atoms with Gasteiger partial charge in [-0.3, -0.25) is 4.79 Å². The smallest absolute Gasteiger partial charge is 0.269 e. The minimum Gasteiger partial charge on any atom is -0.301 e. The van der Waals surface area contributed by atoms with Gasteiger partial charge in [0.05, 0.1) is 11.5 Å². The first-order chi connectivity index (χ1) is 10.7. The number of hydrogen-bond acceptors (Lipinski definition) is 8. The van der Waals surface area contributed by atoms with Crippen LogP contribution in [0.2, 0.25) is 0 Å². The molecule has 1 aliphatic heterocycles. The maximum absolute atomic E-state index is 12.0. The molecule has 0 saturated carbocycles. The predicted octanol–water partition coefficient (Wildman–Crippen LogP) is -0.0103. The van der Waals surface area contributed by atoms with Gasteiger partial charge >= 0.3 is 0 Å². The zero-order chi connectivity index (χ0) is 17.1. The quantitative estimate of drug-likeness (QED) is 0.500. The molecule has 2 rings (SSSR count). The molecule has 1 atom stereocenters. The molecule has 9 nitrogen and oxygen atoms in total. The van der Waals surface area contributed by atoms with E-state index >= 15 is 0 Å². The predicted molar refractivity (Wildman–Crippen MR) is 85.4 cm³/mol. The number of carbonyl (C=O) groups excluding carboxylic acids is 1. The molecule has 23 heavy (non-hydrogen) atoms. The topological polar surface area (TPSA) is 135 Å². The Kier molecular flexibility index (Phi) is 5.70. The molecule has 2 N–H and O–H groups in total. The Morgan fingerprint density at radius 1 is 1.39 bits per heavy atom. The Balaban J connectivity index is 1.80. The van der Waals surface area contributed by atoms with Crippen LogP contribution in [0.4, 0.5) is 5.13 Å². The summed E-state index contributed by atoms with van der Waals surface area (Å²) < 4.78 is 48.9. The average molecular weight is 382 g/mol. The third-order valence-corrected chi connectivity index (χ3v) is 7.83. The van der Waals surface area contributed by atoms with Gasteiger partial charge in [0.2, 0.25) is 15.4 Å². The Morgan fingerprint density at radius 3 is 2.74 bits per heavy atom. The number of hydrogen-bond donors (Lipinski definition) is 2. The molecule has 0 radical (unpaired) electrons. The van der Waals surface area contributed by atoms with Crippen molar-refractivity contribution in [3.63, 3.8) is 0 Å². The van der Waals surface area contributed by atoms with Crippen molar-refractivity contribution in [2.24, 2.45) is 5.92 Å². The molecule has 1 fully saturated rings. The van der Waals surface area contributed by atoms with E-state index in [4.69, 9.17) is 0 Å². The average Bonchev–Trinajstić information content (AvgIpc) is 3.01. The third-order valence-electron chi connectivity index (χ3n) is 3.33. The molecule has 0 aromatic carbocycles. The van der Waals surface area contributed by atoms with E-state index in [1.165, 1.54) is 6.92 Å². The van der Waals surface area contributed by atoms with Gasteiger partial charge in [-0.15, -0.1) is 10.2 Å². The summed E-state index contributed by atoms with van der Waals surface area (Å²) in [5.41, 5.74) is 0. The van der Waals surface area contributed by atoms with Crippen molar-refractivity contribution >= 4 is 42.2 Å². The van der Waals surface area contributed by atoms with Crippen molar-refractivity contribution in [3.05, 3.63) is 0 Å². The molecular weight excluding hydrogens is 364 g/mol. The lowest BCUT2D eigenvalue weighted by atomic mass is 10.0.